The monoisotopic (exact) mass is 692 g/mol. The first-order chi connectivity index (χ1) is 19.4. The molecule has 44 heavy (non-hydrogen) atoms. The minimum absolute atomic E-state index is 0. The highest BCUT2D eigenvalue weighted by molar-refractivity contribution is 5.86. The third-order valence-electron chi connectivity index (χ3n) is 7.35. The van der Waals surface area contributed by atoms with E-state index >= 15 is 0 Å². The predicted octanol–water partition coefficient (Wildman–Crippen LogP) is 4.68. The standard InChI is InChI=1S/C32H44N4O4.4ClH/c33-12-4-14-35-16-10-26-21-25-9-8-24(18-28(25)22-27(26)11-17-36-15-5-13-34)20-30(32(39)40)29(31(37)38)19-23-6-2-1-3-7-23;;;;/h1-3,6-9,18,21-22,29-30,35-36H,4-5,10-17,19-20,33-34H2,(H,37,38)(H,39,40);4*1H/t29-,30-;;;;/m0..../s1. The summed E-state index contributed by atoms with van der Waals surface area (Å²) in [6.45, 7) is 4.84. The van der Waals surface area contributed by atoms with Crippen molar-refractivity contribution in [1.82, 2.24) is 10.6 Å². The lowest BCUT2D eigenvalue weighted by molar-refractivity contribution is -0.153. The summed E-state index contributed by atoms with van der Waals surface area (Å²) in [5, 5.41) is 29.0. The molecule has 8 N–H and O–H groups in total. The summed E-state index contributed by atoms with van der Waals surface area (Å²) >= 11 is 0. The molecule has 3 aromatic carbocycles. The second-order valence-electron chi connectivity index (χ2n) is 10.4. The van der Waals surface area contributed by atoms with Crippen LogP contribution in [-0.2, 0) is 35.3 Å². The maximum Gasteiger partial charge on any atom is 0.307 e. The molecule has 0 fully saturated rings. The van der Waals surface area contributed by atoms with Gasteiger partial charge in [-0.15, -0.1) is 49.6 Å². The molecule has 0 bridgehead atoms. The van der Waals surface area contributed by atoms with Crippen LogP contribution in [0.4, 0.5) is 0 Å². The number of hydrogen-bond donors (Lipinski definition) is 6. The van der Waals surface area contributed by atoms with Gasteiger partial charge in [0, 0.05) is 0 Å². The fourth-order valence-electron chi connectivity index (χ4n) is 5.11. The smallest absolute Gasteiger partial charge is 0.307 e. The number of rotatable bonds is 19. The Kier molecular flexibility index (Phi) is 24.1. The number of carboxylic acid groups (broad SMARTS) is 2. The van der Waals surface area contributed by atoms with E-state index in [2.05, 4.69) is 22.8 Å². The Morgan fingerprint density at radius 2 is 1.09 bits per heavy atom. The van der Waals surface area contributed by atoms with Crippen molar-refractivity contribution in [2.24, 2.45) is 23.3 Å². The van der Waals surface area contributed by atoms with Gasteiger partial charge in [-0.3, -0.25) is 9.59 Å². The van der Waals surface area contributed by atoms with Gasteiger partial charge in [0.25, 0.3) is 0 Å². The van der Waals surface area contributed by atoms with Crippen LogP contribution in [0, 0.1) is 11.8 Å². The number of carboxylic acids is 2. The molecule has 248 valence electrons. The molecule has 0 saturated carbocycles. The Morgan fingerprint density at radius 1 is 0.614 bits per heavy atom. The van der Waals surface area contributed by atoms with Crippen LogP contribution in [0.1, 0.15) is 35.1 Å². The fraction of sp³-hybridized carbons (Fsp3) is 0.438. The Morgan fingerprint density at radius 3 is 1.57 bits per heavy atom. The molecule has 3 aromatic rings. The van der Waals surface area contributed by atoms with Gasteiger partial charge in [-0.2, -0.15) is 0 Å². The number of nitrogens with two attached hydrogens (primary N) is 2. The SMILES string of the molecule is Cl.Cl.Cl.Cl.NCCCNCCc1cc2ccc(C[C@H](C(=O)O)[C@H](Cc3ccccc3)C(=O)O)cc2cc1CCNCCCN. The summed E-state index contributed by atoms with van der Waals surface area (Å²) < 4.78 is 0. The van der Waals surface area contributed by atoms with Crippen LogP contribution in [0.25, 0.3) is 10.8 Å². The van der Waals surface area contributed by atoms with Crippen LogP contribution >= 0.6 is 49.6 Å². The molecule has 0 aromatic heterocycles. The maximum atomic E-state index is 12.3. The first-order valence-electron chi connectivity index (χ1n) is 14.3. The lowest BCUT2D eigenvalue weighted by atomic mass is 9.82. The molecule has 0 aliphatic heterocycles. The zero-order valence-corrected chi connectivity index (χ0v) is 28.2. The zero-order valence-electron chi connectivity index (χ0n) is 24.9. The molecular weight excluding hydrogens is 646 g/mol. The van der Waals surface area contributed by atoms with E-state index in [9.17, 15) is 19.8 Å². The largest absolute Gasteiger partial charge is 0.481 e. The van der Waals surface area contributed by atoms with Gasteiger partial charge in [-0.25, -0.2) is 0 Å². The first-order valence-corrected chi connectivity index (χ1v) is 14.3. The lowest BCUT2D eigenvalue weighted by Crippen LogP contribution is -2.33. The van der Waals surface area contributed by atoms with Crippen LogP contribution in [-0.4, -0.2) is 61.4 Å². The van der Waals surface area contributed by atoms with Crippen molar-refractivity contribution < 1.29 is 19.8 Å². The number of nitrogens with one attached hydrogen (secondary N) is 2. The van der Waals surface area contributed by atoms with E-state index in [4.69, 9.17) is 11.5 Å². The van der Waals surface area contributed by atoms with Crippen LogP contribution in [0.2, 0.25) is 0 Å². The minimum atomic E-state index is -1.09. The van der Waals surface area contributed by atoms with Crippen molar-refractivity contribution in [3.63, 3.8) is 0 Å². The predicted molar refractivity (Wildman–Crippen MR) is 190 cm³/mol. The number of fused-ring (bicyclic) bond motifs is 1. The lowest BCUT2D eigenvalue weighted by Gasteiger charge is -2.21. The van der Waals surface area contributed by atoms with E-state index in [-0.39, 0.29) is 62.5 Å². The second-order valence-corrected chi connectivity index (χ2v) is 10.4. The molecule has 0 aliphatic rings. The van der Waals surface area contributed by atoms with Crippen LogP contribution in [0.15, 0.2) is 60.7 Å². The van der Waals surface area contributed by atoms with Gasteiger partial charge in [-0.05, 0) is 111 Å². The highest BCUT2D eigenvalue weighted by Crippen LogP contribution is 2.27. The van der Waals surface area contributed by atoms with E-state index in [0.717, 1.165) is 73.8 Å². The molecule has 0 saturated heterocycles. The van der Waals surface area contributed by atoms with E-state index < -0.39 is 23.8 Å². The summed E-state index contributed by atoms with van der Waals surface area (Å²) in [6, 6.07) is 19.6. The molecule has 0 amide bonds. The summed E-state index contributed by atoms with van der Waals surface area (Å²) in [5.74, 6) is -4.25. The van der Waals surface area contributed by atoms with Crippen LogP contribution < -0.4 is 22.1 Å². The van der Waals surface area contributed by atoms with Gasteiger partial charge in [-0.1, -0.05) is 60.7 Å². The molecular formula is C32H48Cl4N4O4. The number of carbonyl (C=O) groups is 2. The zero-order chi connectivity index (χ0) is 28.7. The Labute approximate surface area is 285 Å². The maximum absolute atomic E-state index is 12.3. The van der Waals surface area contributed by atoms with Crippen molar-refractivity contribution in [2.75, 3.05) is 39.3 Å². The Bertz CT molecular complexity index is 1240. The normalized spacial score (nSPS) is 11.7. The summed E-state index contributed by atoms with van der Waals surface area (Å²) in [6.07, 6.45) is 3.98. The van der Waals surface area contributed by atoms with Gasteiger partial charge >= 0.3 is 11.9 Å². The number of benzene rings is 3. The summed E-state index contributed by atoms with van der Waals surface area (Å²) in [7, 11) is 0. The average Bonchev–Trinajstić information content (AvgIpc) is 2.95. The average molecular weight is 695 g/mol. The molecule has 12 heteroatoms. The summed E-state index contributed by atoms with van der Waals surface area (Å²) in [4.78, 5) is 24.4. The van der Waals surface area contributed by atoms with Crippen molar-refractivity contribution in [1.29, 1.82) is 0 Å². The first kappa shape index (κ1) is 44.0. The molecule has 0 unspecified atom stereocenters. The molecule has 0 spiro atoms. The number of halogens is 4. The molecule has 3 rings (SSSR count). The minimum Gasteiger partial charge on any atom is -0.481 e. The Balaban J connectivity index is 0. The van der Waals surface area contributed by atoms with E-state index in [1.807, 2.05) is 48.5 Å². The van der Waals surface area contributed by atoms with Crippen molar-refractivity contribution in [3.8, 4) is 0 Å². The fourth-order valence-corrected chi connectivity index (χ4v) is 5.11. The van der Waals surface area contributed by atoms with Gasteiger partial charge < -0.3 is 32.3 Å². The number of aliphatic carboxylic acids is 2. The topological polar surface area (TPSA) is 151 Å². The van der Waals surface area contributed by atoms with Gasteiger partial charge in [0.2, 0.25) is 0 Å². The molecule has 0 heterocycles. The molecule has 0 radical (unpaired) electrons. The second kappa shape index (κ2) is 24.1. The van der Waals surface area contributed by atoms with Crippen molar-refractivity contribution in [2.45, 2.75) is 38.5 Å². The van der Waals surface area contributed by atoms with Gasteiger partial charge in [0.05, 0.1) is 11.8 Å². The molecule has 8 nitrogen and oxygen atoms in total. The third-order valence-corrected chi connectivity index (χ3v) is 7.35. The Hall–Kier alpha value is -2.14. The highest BCUT2D eigenvalue weighted by atomic mass is 35.5. The quantitative estimate of drug-likeness (QED) is 0.0992. The highest BCUT2D eigenvalue weighted by Gasteiger charge is 2.34. The van der Waals surface area contributed by atoms with Crippen LogP contribution in [0.5, 0.6) is 0 Å². The number of hydrogen-bond acceptors (Lipinski definition) is 6. The van der Waals surface area contributed by atoms with E-state index in [1.54, 1.807) is 0 Å². The van der Waals surface area contributed by atoms with E-state index in [1.165, 1.54) is 11.1 Å². The molecule has 0 aliphatic carbocycles. The third kappa shape index (κ3) is 14.3. The van der Waals surface area contributed by atoms with Gasteiger partial charge in [0.15, 0.2) is 0 Å². The van der Waals surface area contributed by atoms with Gasteiger partial charge in [0.1, 0.15) is 0 Å². The van der Waals surface area contributed by atoms with Crippen LogP contribution in [0.3, 0.4) is 0 Å². The van der Waals surface area contributed by atoms with Crippen molar-refractivity contribution in [3.05, 3.63) is 82.9 Å². The van der Waals surface area contributed by atoms with Crippen molar-refractivity contribution >= 4 is 72.3 Å². The van der Waals surface area contributed by atoms with E-state index in [0.29, 0.717) is 13.1 Å². The summed E-state index contributed by atoms with van der Waals surface area (Å²) in [5.41, 5.74) is 15.4. The molecule has 2 atom stereocenters.